The van der Waals surface area contributed by atoms with Gasteiger partial charge in [-0.15, -0.1) is 0 Å². The lowest BCUT2D eigenvalue weighted by Crippen LogP contribution is -2.50. The van der Waals surface area contributed by atoms with Crippen molar-refractivity contribution in [2.24, 2.45) is 0 Å². The molecule has 0 bridgehead atoms. The molecule has 162 valence electrons. The minimum absolute atomic E-state index is 0.130. The van der Waals surface area contributed by atoms with Crippen LogP contribution in [0.3, 0.4) is 0 Å². The summed E-state index contributed by atoms with van der Waals surface area (Å²) < 4.78 is 7.18. The Kier molecular flexibility index (Phi) is 5.75. The van der Waals surface area contributed by atoms with Crippen molar-refractivity contribution in [3.8, 4) is 11.6 Å². The molecule has 1 aromatic carbocycles. The fourth-order valence-electron chi connectivity index (χ4n) is 3.74. The van der Waals surface area contributed by atoms with E-state index in [-0.39, 0.29) is 6.03 Å². The number of anilines is 2. The van der Waals surface area contributed by atoms with E-state index < -0.39 is 0 Å². The predicted octanol–water partition coefficient (Wildman–Crippen LogP) is 2.95. The molecule has 1 N–H and O–H groups in total. The minimum Gasteiger partial charge on any atom is -0.495 e. The van der Waals surface area contributed by atoms with Crippen LogP contribution >= 0.6 is 0 Å². The van der Waals surface area contributed by atoms with E-state index in [0.717, 1.165) is 28.6 Å². The lowest BCUT2D eigenvalue weighted by atomic mass is 10.2. The number of aryl methyl sites for hydroxylation is 3. The first kappa shape index (κ1) is 20.6. The Morgan fingerprint density at radius 1 is 1.00 bits per heavy atom. The fourth-order valence-corrected chi connectivity index (χ4v) is 3.74. The highest BCUT2D eigenvalue weighted by atomic mass is 16.5. The number of carbonyl (C=O) groups excluding carboxylic acids is 1. The van der Waals surface area contributed by atoms with Gasteiger partial charge in [0.2, 0.25) is 0 Å². The third-order valence-electron chi connectivity index (χ3n) is 5.35. The second kappa shape index (κ2) is 8.63. The Morgan fingerprint density at radius 2 is 1.74 bits per heavy atom. The summed E-state index contributed by atoms with van der Waals surface area (Å²) in [6, 6.07) is 9.55. The maximum atomic E-state index is 12.8. The summed E-state index contributed by atoms with van der Waals surface area (Å²) >= 11 is 0. The third kappa shape index (κ3) is 4.45. The van der Waals surface area contributed by atoms with Crippen LogP contribution in [0, 0.1) is 20.8 Å². The molecule has 0 spiro atoms. The molecule has 1 fully saturated rings. The molecule has 2 amide bonds. The van der Waals surface area contributed by atoms with E-state index in [1.807, 2.05) is 55.8 Å². The van der Waals surface area contributed by atoms with Crippen LogP contribution in [0.4, 0.5) is 16.3 Å². The van der Waals surface area contributed by atoms with Gasteiger partial charge in [-0.1, -0.05) is 6.07 Å². The number of amides is 2. The van der Waals surface area contributed by atoms with Crippen LogP contribution in [-0.4, -0.2) is 64.0 Å². The lowest BCUT2D eigenvalue weighted by Gasteiger charge is -2.35. The summed E-state index contributed by atoms with van der Waals surface area (Å²) in [4.78, 5) is 25.5. The van der Waals surface area contributed by atoms with Crippen molar-refractivity contribution in [2.75, 3.05) is 43.5 Å². The summed E-state index contributed by atoms with van der Waals surface area (Å²) in [5.41, 5.74) is 3.71. The van der Waals surface area contributed by atoms with Crippen LogP contribution in [0.25, 0.3) is 5.82 Å². The first-order chi connectivity index (χ1) is 14.9. The zero-order chi connectivity index (χ0) is 22.0. The predicted molar refractivity (Wildman–Crippen MR) is 119 cm³/mol. The number of carbonyl (C=O) groups is 1. The molecule has 1 aliphatic rings. The molecule has 3 heterocycles. The highest BCUT2D eigenvalue weighted by Gasteiger charge is 2.23. The Balaban J connectivity index is 1.41. The van der Waals surface area contributed by atoms with Crippen LogP contribution in [0.5, 0.6) is 5.75 Å². The molecule has 3 aromatic rings. The molecule has 9 nitrogen and oxygen atoms in total. The van der Waals surface area contributed by atoms with E-state index in [9.17, 15) is 4.79 Å². The van der Waals surface area contributed by atoms with Gasteiger partial charge in [0.05, 0.1) is 18.5 Å². The number of rotatable bonds is 4. The number of nitrogens with one attached hydrogen (secondary N) is 1. The average molecular weight is 422 g/mol. The third-order valence-corrected chi connectivity index (χ3v) is 5.35. The molecule has 4 rings (SSSR count). The van der Waals surface area contributed by atoms with Gasteiger partial charge in [0, 0.05) is 37.9 Å². The van der Waals surface area contributed by atoms with Gasteiger partial charge in [-0.2, -0.15) is 5.10 Å². The molecule has 0 saturated carbocycles. The van der Waals surface area contributed by atoms with Crippen LogP contribution in [0.1, 0.15) is 17.0 Å². The Labute approximate surface area is 181 Å². The molecule has 31 heavy (non-hydrogen) atoms. The van der Waals surface area contributed by atoms with Crippen LogP contribution in [0.15, 0.2) is 36.7 Å². The Bertz CT molecular complexity index is 1090. The van der Waals surface area contributed by atoms with E-state index in [0.29, 0.717) is 37.6 Å². The molecular formula is C22H27N7O2. The normalized spacial score (nSPS) is 13.9. The number of ether oxygens (including phenoxy) is 1. The number of hydrogen-bond donors (Lipinski definition) is 1. The first-order valence-corrected chi connectivity index (χ1v) is 10.3. The average Bonchev–Trinajstić information content (AvgIpc) is 3.12. The highest BCUT2D eigenvalue weighted by Crippen LogP contribution is 2.26. The standard InChI is InChI=1S/C22H27N7O2/c1-15-5-6-19(31-4)18(11-15)25-22(30)28-9-7-27(8-10-28)20-13-21(24-14-23-20)29-17(3)12-16(2)26-29/h5-6,11-14H,7-10H2,1-4H3,(H,25,30). The smallest absolute Gasteiger partial charge is 0.322 e. The zero-order valence-electron chi connectivity index (χ0n) is 18.3. The molecule has 0 aliphatic carbocycles. The number of benzene rings is 1. The minimum atomic E-state index is -0.130. The summed E-state index contributed by atoms with van der Waals surface area (Å²) in [6.07, 6.45) is 1.56. The number of hydrogen-bond acceptors (Lipinski definition) is 6. The molecule has 0 atom stereocenters. The van der Waals surface area contributed by atoms with Gasteiger partial charge >= 0.3 is 6.03 Å². The summed E-state index contributed by atoms with van der Waals surface area (Å²) in [5, 5.41) is 7.47. The van der Waals surface area contributed by atoms with Crippen LogP contribution in [0.2, 0.25) is 0 Å². The van der Waals surface area contributed by atoms with E-state index in [2.05, 4.69) is 25.3 Å². The largest absolute Gasteiger partial charge is 0.495 e. The van der Waals surface area contributed by atoms with Crippen LogP contribution < -0.4 is 15.0 Å². The van der Waals surface area contributed by atoms with Crippen molar-refractivity contribution in [1.29, 1.82) is 0 Å². The highest BCUT2D eigenvalue weighted by molar-refractivity contribution is 5.91. The second-order valence-electron chi connectivity index (χ2n) is 7.68. The van der Waals surface area contributed by atoms with Gasteiger partial charge in [-0.3, -0.25) is 0 Å². The van der Waals surface area contributed by atoms with Crippen molar-refractivity contribution < 1.29 is 9.53 Å². The van der Waals surface area contributed by atoms with Gasteiger partial charge in [0.1, 0.15) is 17.9 Å². The summed E-state index contributed by atoms with van der Waals surface area (Å²) in [5.74, 6) is 2.22. The molecule has 1 saturated heterocycles. The number of nitrogens with zero attached hydrogens (tertiary/aromatic N) is 6. The van der Waals surface area contributed by atoms with E-state index in [4.69, 9.17) is 4.74 Å². The first-order valence-electron chi connectivity index (χ1n) is 10.3. The monoisotopic (exact) mass is 421 g/mol. The van der Waals surface area contributed by atoms with Crippen molar-refractivity contribution in [3.05, 3.63) is 53.6 Å². The number of urea groups is 1. The van der Waals surface area contributed by atoms with Gasteiger partial charge in [0.25, 0.3) is 0 Å². The van der Waals surface area contributed by atoms with Gasteiger partial charge in [-0.05, 0) is 44.5 Å². The quantitative estimate of drug-likeness (QED) is 0.697. The lowest BCUT2D eigenvalue weighted by molar-refractivity contribution is 0.208. The molecule has 9 heteroatoms. The summed E-state index contributed by atoms with van der Waals surface area (Å²) in [7, 11) is 1.60. The molecule has 0 unspecified atom stereocenters. The zero-order valence-corrected chi connectivity index (χ0v) is 18.3. The Morgan fingerprint density at radius 3 is 2.42 bits per heavy atom. The molecule has 1 aliphatic heterocycles. The van der Waals surface area contributed by atoms with Gasteiger partial charge in [-0.25, -0.2) is 19.4 Å². The van der Waals surface area contributed by atoms with Gasteiger partial charge < -0.3 is 19.9 Å². The SMILES string of the molecule is COc1ccc(C)cc1NC(=O)N1CCN(c2cc(-n3nc(C)cc3C)ncn2)CC1. The van der Waals surface area contributed by atoms with E-state index in [1.165, 1.54) is 0 Å². The molecule has 0 radical (unpaired) electrons. The van der Waals surface area contributed by atoms with E-state index >= 15 is 0 Å². The van der Waals surface area contributed by atoms with Gasteiger partial charge in [0.15, 0.2) is 5.82 Å². The molecule has 2 aromatic heterocycles. The topological polar surface area (TPSA) is 88.4 Å². The number of piperazine rings is 1. The van der Waals surface area contributed by atoms with Crippen LogP contribution in [-0.2, 0) is 0 Å². The second-order valence-corrected chi connectivity index (χ2v) is 7.68. The van der Waals surface area contributed by atoms with Crippen molar-refractivity contribution >= 4 is 17.5 Å². The maximum absolute atomic E-state index is 12.8. The van der Waals surface area contributed by atoms with Crippen molar-refractivity contribution in [3.63, 3.8) is 0 Å². The van der Waals surface area contributed by atoms with Crippen molar-refractivity contribution in [1.82, 2.24) is 24.6 Å². The number of methoxy groups -OCH3 is 1. The Hall–Kier alpha value is -3.62. The maximum Gasteiger partial charge on any atom is 0.322 e. The fraction of sp³-hybridized carbons (Fsp3) is 0.364. The summed E-state index contributed by atoms with van der Waals surface area (Å²) in [6.45, 7) is 8.51. The van der Waals surface area contributed by atoms with Crippen molar-refractivity contribution in [2.45, 2.75) is 20.8 Å². The number of aromatic nitrogens is 4. The van der Waals surface area contributed by atoms with E-state index in [1.54, 1.807) is 18.3 Å². The molecular weight excluding hydrogens is 394 g/mol.